The van der Waals surface area contributed by atoms with Crippen LogP contribution >= 0.6 is 0 Å². The van der Waals surface area contributed by atoms with E-state index in [1.54, 1.807) is 6.07 Å². The number of piperazine rings is 1. The van der Waals surface area contributed by atoms with E-state index < -0.39 is 0 Å². The summed E-state index contributed by atoms with van der Waals surface area (Å²) in [5.74, 6) is -0.299. The summed E-state index contributed by atoms with van der Waals surface area (Å²) < 4.78 is 1.84. The molecule has 2 rings (SSSR count). The zero-order valence-corrected chi connectivity index (χ0v) is 11.9. The van der Waals surface area contributed by atoms with E-state index in [-0.39, 0.29) is 23.9 Å². The van der Waals surface area contributed by atoms with Crippen molar-refractivity contribution in [1.29, 1.82) is 0 Å². The number of aromatic nitrogens is 2. The molecule has 1 aromatic heterocycles. The molecule has 0 atom stereocenters. The van der Waals surface area contributed by atoms with Gasteiger partial charge in [0.1, 0.15) is 0 Å². The Labute approximate surface area is 112 Å². The zero-order chi connectivity index (χ0) is 14.2. The topological polar surface area (TPSA) is 67.2 Å². The highest BCUT2D eigenvalue weighted by Crippen LogP contribution is 2.17. The molecule has 2 heterocycles. The number of nitrogens with zero attached hydrogens (tertiary/aromatic N) is 3. The molecule has 6 nitrogen and oxygen atoms in total. The monoisotopic (exact) mass is 264 g/mol. The van der Waals surface area contributed by atoms with E-state index in [1.807, 2.05) is 32.4 Å². The highest BCUT2D eigenvalue weighted by atomic mass is 16.2. The summed E-state index contributed by atoms with van der Waals surface area (Å²) in [5.41, 5.74) is 1.18. The number of carbonyl (C=O) groups excluding carboxylic acids is 2. The molecular weight excluding hydrogens is 244 g/mol. The van der Waals surface area contributed by atoms with Gasteiger partial charge in [0.15, 0.2) is 5.69 Å². The van der Waals surface area contributed by atoms with Crippen molar-refractivity contribution >= 4 is 11.8 Å². The predicted octanol–water partition coefficient (Wildman–Crippen LogP) is 0.519. The van der Waals surface area contributed by atoms with Crippen molar-refractivity contribution in [1.82, 2.24) is 20.0 Å². The van der Waals surface area contributed by atoms with Crippen molar-refractivity contribution < 1.29 is 9.59 Å². The SMILES string of the molecule is Cc1cc(C(=O)N2CCNC(=O)C2)nn1C(C)(C)C. The number of carbonyl (C=O) groups is 2. The molecule has 1 saturated heterocycles. The first-order valence-electron chi connectivity index (χ1n) is 6.42. The number of amides is 2. The van der Waals surface area contributed by atoms with Crippen LogP contribution < -0.4 is 5.32 Å². The van der Waals surface area contributed by atoms with E-state index in [1.165, 1.54) is 4.90 Å². The summed E-state index contributed by atoms with van der Waals surface area (Å²) >= 11 is 0. The maximum Gasteiger partial charge on any atom is 0.274 e. The smallest absolute Gasteiger partial charge is 0.274 e. The van der Waals surface area contributed by atoms with Crippen molar-refractivity contribution in [2.45, 2.75) is 33.2 Å². The summed E-state index contributed by atoms with van der Waals surface area (Å²) in [7, 11) is 0. The fourth-order valence-corrected chi connectivity index (χ4v) is 2.23. The van der Waals surface area contributed by atoms with Gasteiger partial charge in [0.25, 0.3) is 5.91 Å². The molecule has 2 amide bonds. The first kappa shape index (κ1) is 13.6. The number of hydrogen-bond acceptors (Lipinski definition) is 3. The van der Waals surface area contributed by atoms with Crippen molar-refractivity contribution in [3.63, 3.8) is 0 Å². The zero-order valence-electron chi connectivity index (χ0n) is 11.9. The Morgan fingerprint density at radius 1 is 1.42 bits per heavy atom. The maximum absolute atomic E-state index is 12.3. The van der Waals surface area contributed by atoms with E-state index in [0.717, 1.165) is 5.69 Å². The van der Waals surface area contributed by atoms with Gasteiger partial charge in [-0.3, -0.25) is 14.3 Å². The fraction of sp³-hybridized carbons (Fsp3) is 0.615. The van der Waals surface area contributed by atoms with Crippen molar-refractivity contribution in [2.24, 2.45) is 0 Å². The summed E-state index contributed by atoms with van der Waals surface area (Å²) in [6.07, 6.45) is 0. The van der Waals surface area contributed by atoms with Gasteiger partial charge in [0, 0.05) is 18.8 Å². The summed E-state index contributed by atoms with van der Waals surface area (Å²) in [6.45, 7) is 9.19. The molecule has 1 fully saturated rings. The van der Waals surface area contributed by atoms with Crippen LogP contribution in [0.1, 0.15) is 37.0 Å². The molecule has 19 heavy (non-hydrogen) atoms. The van der Waals surface area contributed by atoms with Crippen LogP contribution in [0, 0.1) is 6.92 Å². The van der Waals surface area contributed by atoms with Gasteiger partial charge in [0.2, 0.25) is 5.91 Å². The Hall–Kier alpha value is -1.85. The minimum Gasteiger partial charge on any atom is -0.353 e. The van der Waals surface area contributed by atoms with E-state index in [0.29, 0.717) is 18.8 Å². The number of aryl methyl sites for hydroxylation is 1. The Morgan fingerprint density at radius 2 is 2.11 bits per heavy atom. The van der Waals surface area contributed by atoms with Crippen LogP contribution in [0.4, 0.5) is 0 Å². The van der Waals surface area contributed by atoms with Gasteiger partial charge < -0.3 is 10.2 Å². The lowest BCUT2D eigenvalue weighted by Crippen LogP contribution is -2.50. The second-order valence-corrected chi connectivity index (χ2v) is 5.83. The highest BCUT2D eigenvalue weighted by Gasteiger charge is 2.26. The third kappa shape index (κ3) is 2.77. The van der Waals surface area contributed by atoms with E-state index in [2.05, 4.69) is 10.4 Å². The number of hydrogen-bond donors (Lipinski definition) is 1. The van der Waals surface area contributed by atoms with Crippen molar-refractivity contribution in [2.75, 3.05) is 19.6 Å². The Kier molecular flexibility index (Phi) is 3.34. The molecule has 0 saturated carbocycles. The van der Waals surface area contributed by atoms with Crippen molar-refractivity contribution in [3.8, 4) is 0 Å². The number of rotatable bonds is 1. The number of nitrogens with one attached hydrogen (secondary N) is 1. The van der Waals surface area contributed by atoms with Gasteiger partial charge in [-0.2, -0.15) is 5.10 Å². The fourth-order valence-electron chi connectivity index (χ4n) is 2.23. The Balaban J connectivity index is 2.22. The van der Waals surface area contributed by atoms with Crippen LogP contribution in [0.15, 0.2) is 6.07 Å². The van der Waals surface area contributed by atoms with Gasteiger partial charge >= 0.3 is 0 Å². The quantitative estimate of drug-likeness (QED) is 0.804. The molecule has 1 N–H and O–H groups in total. The molecule has 104 valence electrons. The van der Waals surface area contributed by atoms with Crippen LogP contribution in [0.2, 0.25) is 0 Å². The van der Waals surface area contributed by atoms with E-state index in [9.17, 15) is 9.59 Å². The van der Waals surface area contributed by atoms with Crippen LogP contribution in [0.3, 0.4) is 0 Å². The molecule has 1 aliphatic heterocycles. The molecule has 6 heteroatoms. The first-order chi connectivity index (χ1) is 8.79. The highest BCUT2D eigenvalue weighted by molar-refractivity contribution is 5.95. The normalized spacial score (nSPS) is 16.4. The first-order valence-corrected chi connectivity index (χ1v) is 6.42. The van der Waals surface area contributed by atoms with Crippen LogP contribution in [-0.4, -0.2) is 46.1 Å². The van der Waals surface area contributed by atoms with Gasteiger partial charge in [-0.15, -0.1) is 0 Å². The van der Waals surface area contributed by atoms with Crippen LogP contribution in [0.5, 0.6) is 0 Å². The molecule has 0 spiro atoms. The molecule has 0 bridgehead atoms. The summed E-state index contributed by atoms with van der Waals surface area (Å²) in [4.78, 5) is 25.2. The second kappa shape index (κ2) is 4.68. The van der Waals surface area contributed by atoms with Gasteiger partial charge in [-0.25, -0.2) is 0 Å². The summed E-state index contributed by atoms with van der Waals surface area (Å²) in [6, 6.07) is 1.78. The average molecular weight is 264 g/mol. The molecule has 0 aromatic carbocycles. The predicted molar refractivity (Wildman–Crippen MR) is 70.9 cm³/mol. The molecule has 1 aliphatic rings. The average Bonchev–Trinajstić information content (AvgIpc) is 2.70. The Bertz CT molecular complexity index is 513. The maximum atomic E-state index is 12.3. The van der Waals surface area contributed by atoms with E-state index >= 15 is 0 Å². The minimum absolute atomic E-state index is 0.111. The molecular formula is C13H20N4O2. The third-order valence-corrected chi connectivity index (χ3v) is 3.07. The van der Waals surface area contributed by atoms with Gasteiger partial charge in [-0.1, -0.05) is 0 Å². The summed E-state index contributed by atoms with van der Waals surface area (Å²) in [5, 5.41) is 7.08. The largest absolute Gasteiger partial charge is 0.353 e. The van der Waals surface area contributed by atoms with E-state index in [4.69, 9.17) is 0 Å². The standard InChI is InChI=1S/C13H20N4O2/c1-9-7-10(15-17(9)13(2,3)4)12(19)16-6-5-14-11(18)8-16/h7H,5-6,8H2,1-4H3,(H,14,18). The van der Waals surface area contributed by atoms with Crippen LogP contribution in [-0.2, 0) is 10.3 Å². The lowest BCUT2D eigenvalue weighted by atomic mass is 10.1. The Morgan fingerprint density at radius 3 is 2.63 bits per heavy atom. The third-order valence-electron chi connectivity index (χ3n) is 3.07. The lowest BCUT2D eigenvalue weighted by molar-refractivity contribution is -0.123. The molecule has 0 unspecified atom stereocenters. The second-order valence-electron chi connectivity index (χ2n) is 5.83. The van der Waals surface area contributed by atoms with Gasteiger partial charge in [-0.05, 0) is 33.8 Å². The molecule has 1 aromatic rings. The molecule has 0 radical (unpaired) electrons. The van der Waals surface area contributed by atoms with Crippen molar-refractivity contribution in [3.05, 3.63) is 17.5 Å². The van der Waals surface area contributed by atoms with Crippen LogP contribution in [0.25, 0.3) is 0 Å². The molecule has 0 aliphatic carbocycles. The minimum atomic E-state index is -0.180. The lowest BCUT2D eigenvalue weighted by Gasteiger charge is -2.26. The van der Waals surface area contributed by atoms with Gasteiger partial charge in [0.05, 0.1) is 12.1 Å².